The summed E-state index contributed by atoms with van der Waals surface area (Å²) in [6.07, 6.45) is 1.30. The van der Waals surface area contributed by atoms with E-state index in [1.54, 1.807) is 18.1 Å². The molecule has 1 aromatic carbocycles. The summed E-state index contributed by atoms with van der Waals surface area (Å²) < 4.78 is 10.6. The Balaban J connectivity index is 1.86. The van der Waals surface area contributed by atoms with Crippen molar-refractivity contribution in [3.63, 3.8) is 0 Å². The molecule has 1 aromatic heterocycles. The highest BCUT2D eigenvalue weighted by Crippen LogP contribution is 2.20. The van der Waals surface area contributed by atoms with Gasteiger partial charge in [0, 0.05) is 24.8 Å². The summed E-state index contributed by atoms with van der Waals surface area (Å²) in [5.74, 6) is 0.652. The molecule has 1 fully saturated rings. The van der Waals surface area contributed by atoms with Crippen LogP contribution in [0.3, 0.4) is 0 Å². The van der Waals surface area contributed by atoms with Crippen LogP contribution in [0, 0.1) is 0 Å². The number of carbonyl (C=O) groups excluding carboxylic acids is 1. The zero-order valence-electron chi connectivity index (χ0n) is 14.0. The summed E-state index contributed by atoms with van der Waals surface area (Å²) in [5, 5.41) is 0.908. The lowest BCUT2D eigenvalue weighted by atomic mass is 10.1. The van der Waals surface area contributed by atoms with Gasteiger partial charge in [-0.15, -0.1) is 0 Å². The van der Waals surface area contributed by atoms with Crippen molar-refractivity contribution in [2.24, 2.45) is 0 Å². The fraction of sp³-hybridized carbons (Fsp3) is 0.444. The smallest absolute Gasteiger partial charge is 0.253 e. The maximum Gasteiger partial charge on any atom is 0.253 e. The van der Waals surface area contributed by atoms with Crippen LogP contribution in [0.25, 0.3) is 10.9 Å². The van der Waals surface area contributed by atoms with Gasteiger partial charge in [-0.25, -0.2) is 0 Å². The quantitative estimate of drug-likeness (QED) is 0.911. The van der Waals surface area contributed by atoms with Crippen molar-refractivity contribution < 1.29 is 14.3 Å². The summed E-state index contributed by atoms with van der Waals surface area (Å²) in [7, 11) is 1.59. The number of likely N-dealkylation sites (N-methyl/N-ethyl adjacent to an activating group) is 1. The van der Waals surface area contributed by atoms with Gasteiger partial charge in [-0.3, -0.25) is 9.59 Å². The Labute approximate surface area is 140 Å². The summed E-state index contributed by atoms with van der Waals surface area (Å²) in [5.41, 5.74) is 1.10. The van der Waals surface area contributed by atoms with Crippen molar-refractivity contribution in [2.75, 3.05) is 20.3 Å². The second-order valence-corrected chi connectivity index (χ2v) is 5.93. The number of pyridine rings is 1. The number of carbonyl (C=O) groups is 1. The molecule has 1 saturated heterocycles. The van der Waals surface area contributed by atoms with Gasteiger partial charge in [0.1, 0.15) is 11.9 Å². The molecule has 0 aliphatic carbocycles. The van der Waals surface area contributed by atoms with Gasteiger partial charge < -0.3 is 19.4 Å². The Morgan fingerprint density at radius 3 is 2.92 bits per heavy atom. The number of aromatic nitrogens is 1. The van der Waals surface area contributed by atoms with Crippen LogP contribution in [0.5, 0.6) is 5.75 Å². The van der Waals surface area contributed by atoms with Crippen LogP contribution >= 0.6 is 0 Å². The minimum absolute atomic E-state index is 0.0378. The van der Waals surface area contributed by atoms with E-state index >= 15 is 0 Å². The molecule has 0 radical (unpaired) electrons. The molecule has 1 atom stereocenters. The third-order valence-electron chi connectivity index (χ3n) is 4.39. The molecular weight excluding hydrogens is 308 g/mol. The molecule has 1 aliphatic heterocycles. The van der Waals surface area contributed by atoms with Crippen molar-refractivity contribution >= 4 is 16.8 Å². The number of fused-ring (bicyclic) bond motifs is 1. The van der Waals surface area contributed by atoms with Gasteiger partial charge >= 0.3 is 0 Å². The molecule has 0 unspecified atom stereocenters. The minimum atomic E-state index is -0.367. The van der Waals surface area contributed by atoms with Gasteiger partial charge in [0.05, 0.1) is 19.2 Å². The van der Waals surface area contributed by atoms with Gasteiger partial charge in [0.25, 0.3) is 11.5 Å². The van der Waals surface area contributed by atoms with Crippen LogP contribution in [0.15, 0.2) is 29.1 Å². The van der Waals surface area contributed by atoms with Gasteiger partial charge in [-0.1, -0.05) is 0 Å². The number of nitrogens with one attached hydrogen (secondary N) is 1. The van der Waals surface area contributed by atoms with E-state index in [-0.39, 0.29) is 24.1 Å². The number of benzene rings is 1. The molecule has 1 amide bonds. The number of H-pyrrole nitrogens is 1. The van der Waals surface area contributed by atoms with Crippen LogP contribution in [0.4, 0.5) is 0 Å². The summed E-state index contributed by atoms with van der Waals surface area (Å²) in [6, 6.07) is 7.36. The molecule has 6 nitrogen and oxygen atoms in total. The Hall–Kier alpha value is -2.34. The van der Waals surface area contributed by atoms with E-state index in [1.165, 1.54) is 0 Å². The minimum Gasteiger partial charge on any atom is -0.497 e. The highest BCUT2D eigenvalue weighted by atomic mass is 16.5. The van der Waals surface area contributed by atoms with Gasteiger partial charge in [-0.2, -0.15) is 0 Å². The van der Waals surface area contributed by atoms with Gasteiger partial charge in [-0.05, 0) is 43.4 Å². The van der Waals surface area contributed by atoms with Crippen LogP contribution in [0.1, 0.15) is 25.3 Å². The van der Waals surface area contributed by atoms with Crippen LogP contribution < -0.4 is 10.3 Å². The van der Waals surface area contributed by atoms with Crippen LogP contribution in [-0.4, -0.2) is 42.2 Å². The first-order valence-corrected chi connectivity index (χ1v) is 8.22. The number of hydrogen-bond acceptors (Lipinski definition) is 4. The zero-order valence-corrected chi connectivity index (χ0v) is 14.0. The number of nitrogens with zero attached hydrogens (tertiary/aromatic N) is 1. The lowest BCUT2D eigenvalue weighted by Crippen LogP contribution is -2.39. The molecule has 1 aliphatic rings. The number of amides is 1. The third kappa shape index (κ3) is 3.28. The Morgan fingerprint density at radius 1 is 1.42 bits per heavy atom. The number of hydrogen-bond donors (Lipinski definition) is 1. The maximum absolute atomic E-state index is 12.5. The van der Waals surface area contributed by atoms with E-state index in [9.17, 15) is 9.59 Å². The monoisotopic (exact) mass is 330 g/mol. The lowest BCUT2D eigenvalue weighted by Gasteiger charge is -2.23. The summed E-state index contributed by atoms with van der Waals surface area (Å²) in [4.78, 5) is 29.4. The van der Waals surface area contributed by atoms with E-state index in [0.717, 1.165) is 23.7 Å². The predicted molar refractivity (Wildman–Crippen MR) is 91.2 cm³/mol. The number of ether oxygens (including phenoxy) is 2. The molecule has 24 heavy (non-hydrogen) atoms. The lowest BCUT2D eigenvalue weighted by molar-refractivity contribution is -0.141. The average molecular weight is 330 g/mol. The number of rotatable bonds is 5. The van der Waals surface area contributed by atoms with E-state index < -0.39 is 0 Å². The SMILES string of the molecule is CCN(Cc1cc2ccc(OC)cc2[nH]c1=O)C(=O)[C@@H]1CCCO1. The number of aromatic amines is 1. The fourth-order valence-corrected chi connectivity index (χ4v) is 3.00. The maximum atomic E-state index is 12.5. The van der Waals surface area contributed by atoms with E-state index in [4.69, 9.17) is 9.47 Å². The third-order valence-corrected chi connectivity index (χ3v) is 4.39. The molecule has 2 aromatic rings. The Bertz CT molecular complexity index is 793. The Morgan fingerprint density at radius 2 is 2.25 bits per heavy atom. The van der Waals surface area contributed by atoms with Crippen LogP contribution in [0.2, 0.25) is 0 Å². The zero-order chi connectivity index (χ0) is 17.1. The normalized spacial score (nSPS) is 17.2. The molecule has 2 heterocycles. The molecule has 1 N–H and O–H groups in total. The van der Waals surface area contributed by atoms with E-state index in [2.05, 4.69) is 4.98 Å². The topological polar surface area (TPSA) is 71.6 Å². The molecular formula is C18H22N2O4. The highest BCUT2D eigenvalue weighted by Gasteiger charge is 2.27. The van der Waals surface area contributed by atoms with E-state index in [0.29, 0.717) is 24.5 Å². The van der Waals surface area contributed by atoms with Gasteiger partial charge in [0.2, 0.25) is 0 Å². The van der Waals surface area contributed by atoms with Crippen LogP contribution in [-0.2, 0) is 16.1 Å². The first-order chi connectivity index (χ1) is 11.6. The average Bonchev–Trinajstić information content (AvgIpc) is 3.13. The molecule has 3 rings (SSSR count). The summed E-state index contributed by atoms with van der Waals surface area (Å²) >= 11 is 0. The first kappa shape index (κ1) is 16.5. The molecule has 0 bridgehead atoms. The molecule has 0 spiro atoms. The highest BCUT2D eigenvalue weighted by molar-refractivity contribution is 5.82. The van der Waals surface area contributed by atoms with Crippen molar-refractivity contribution in [1.29, 1.82) is 0 Å². The van der Waals surface area contributed by atoms with E-state index in [1.807, 2.05) is 25.1 Å². The van der Waals surface area contributed by atoms with Crippen molar-refractivity contribution in [1.82, 2.24) is 9.88 Å². The standard InChI is InChI=1S/C18H22N2O4/c1-3-20(18(22)16-5-4-8-24-16)11-13-9-12-6-7-14(23-2)10-15(12)19-17(13)21/h6-7,9-10,16H,3-5,8,11H2,1-2H3,(H,19,21)/t16-/m0/s1. The first-order valence-electron chi connectivity index (χ1n) is 8.22. The summed E-state index contributed by atoms with van der Waals surface area (Å²) in [6.45, 7) is 3.37. The van der Waals surface area contributed by atoms with Crippen molar-refractivity contribution in [3.05, 3.63) is 40.2 Å². The molecule has 0 saturated carbocycles. The van der Waals surface area contributed by atoms with Gasteiger partial charge in [0.15, 0.2) is 0 Å². The van der Waals surface area contributed by atoms with Crippen molar-refractivity contribution in [3.8, 4) is 5.75 Å². The Kier molecular flexibility index (Phi) is 4.85. The molecule has 6 heteroatoms. The molecule has 128 valence electrons. The second-order valence-electron chi connectivity index (χ2n) is 5.93. The predicted octanol–water partition coefficient (Wildman–Crippen LogP) is 2.06. The number of methoxy groups -OCH3 is 1. The van der Waals surface area contributed by atoms with Crippen molar-refractivity contribution in [2.45, 2.75) is 32.4 Å². The second kappa shape index (κ2) is 7.05. The largest absolute Gasteiger partial charge is 0.497 e. The fourth-order valence-electron chi connectivity index (χ4n) is 3.00.